The molecule has 0 aliphatic rings. The van der Waals surface area contributed by atoms with Crippen LogP contribution in [0.1, 0.15) is 17.3 Å². The van der Waals surface area contributed by atoms with Crippen LogP contribution < -0.4 is 15.1 Å². The van der Waals surface area contributed by atoms with Crippen molar-refractivity contribution in [1.82, 2.24) is 0 Å². The maximum Gasteiger partial charge on any atom is 0.338 e. The summed E-state index contributed by atoms with van der Waals surface area (Å²) in [4.78, 5) is 12.0. The van der Waals surface area contributed by atoms with Crippen molar-refractivity contribution in [2.75, 3.05) is 6.61 Å². The maximum atomic E-state index is 13.9. The fraction of sp³-hybridized carbons (Fsp3) is 0.0952. The zero-order valence-electron chi connectivity index (χ0n) is 14.4. The second-order valence-electron chi connectivity index (χ2n) is 5.56. The third-order valence-corrected chi connectivity index (χ3v) is 6.20. The largest absolute Gasteiger partial charge is 0.462 e. The summed E-state index contributed by atoms with van der Waals surface area (Å²) in [5.74, 6) is -0.0844. The lowest BCUT2D eigenvalue weighted by Gasteiger charge is -2.20. The van der Waals surface area contributed by atoms with E-state index in [9.17, 15) is 9.36 Å². The predicted octanol–water partition coefficient (Wildman–Crippen LogP) is 4.17. The molecule has 132 valence electrons. The number of ether oxygens (including phenoxy) is 1. The Labute approximate surface area is 152 Å². The molecule has 4 nitrogen and oxygen atoms in total. The van der Waals surface area contributed by atoms with Crippen molar-refractivity contribution in [3.63, 3.8) is 0 Å². The average molecular weight is 366 g/mol. The van der Waals surface area contributed by atoms with Crippen molar-refractivity contribution in [2.24, 2.45) is 0 Å². The number of carbonyl (C=O) groups excluding carboxylic acids is 1. The van der Waals surface area contributed by atoms with Gasteiger partial charge in [0, 0.05) is 0 Å². The van der Waals surface area contributed by atoms with E-state index in [4.69, 9.17) is 9.26 Å². The van der Waals surface area contributed by atoms with E-state index in [0.29, 0.717) is 21.9 Å². The Kier molecular flexibility index (Phi) is 5.55. The van der Waals surface area contributed by atoms with Gasteiger partial charge >= 0.3 is 13.3 Å². The van der Waals surface area contributed by atoms with Gasteiger partial charge in [-0.25, -0.2) is 4.79 Å². The summed E-state index contributed by atoms with van der Waals surface area (Å²) in [6.07, 6.45) is 0. The van der Waals surface area contributed by atoms with Crippen LogP contribution in [0.5, 0.6) is 5.75 Å². The molecule has 0 spiro atoms. The minimum absolute atomic E-state index is 0.288. The number of esters is 1. The highest BCUT2D eigenvalue weighted by molar-refractivity contribution is 7.74. The van der Waals surface area contributed by atoms with Crippen LogP contribution in [0.3, 0.4) is 0 Å². The zero-order valence-corrected chi connectivity index (χ0v) is 15.3. The SMILES string of the molecule is CCOC(=O)c1cccc(OP(=O)(c2ccccc2)c2ccccc2)c1. The van der Waals surface area contributed by atoms with Crippen LogP contribution in [0, 0.1) is 0 Å². The summed E-state index contributed by atoms with van der Waals surface area (Å²) in [7, 11) is -3.36. The molecule has 26 heavy (non-hydrogen) atoms. The third kappa shape index (κ3) is 3.87. The van der Waals surface area contributed by atoms with E-state index in [-0.39, 0.29) is 6.61 Å². The number of hydrogen-bond acceptors (Lipinski definition) is 4. The molecule has 0 saturated heterocycles. The molecule has 3 aromatic carbocycles. The first-order valence-electron chi connectivity index (χ1n) is 8.31. The second kappa shape index (κ2) is 8.03. The minimum Gasteiger partial charge on any atom is -0.462 e. The monoisotopic (exact) mass is 366 g/mol. The molecule has 5 heteroatoms. The van der Waals surface area contributed by atoms with Crippen molar-refractivity contribution >= 4 is 23.9 Å². The molecule has 3 rings (SSSR count). The van der Waals surface area contributed by atoms with E-state index < -0.39 is 13.3 Å². The topological polar surface area (TPSA) is 52.6 Å². The fourth-order valence-corrected chi connectivity index (χ4v) is 4.59. The van der Waals surface area contributed by atoms with Gasteiger partial charge in [-0.05, 0) is 49.4 Å². The van der Waals surface area contributed by atoms with Crippen LogP contribution in [0.2, 0.25) is 0 Å². The molecule has 3 aromatic rings. The number of carbonyl (C=O) groups is 1. The van der Waals surface area contributed by atoms with Gasteiger partial charge in [0.15, 0.2) is 0 Å². The molecule has 0 atom stereocenters. The van der Waals surface area contributed by atoms with Crippen LogP contribution in [-0.4, -0.2) is 12.6 Å². The van der Waals surface area contributed by atoms with Crippen LogP contribution in [0.4, 0.5) is 0 Å². The van der Waals surface area contributed by atoms with E-state index >= 15 is 0 Å². The smallest absolute Gasteiger partial charge is 0.338 e. The Morgan fingerprint density at radius 2 is 1.42 bits per heavy atom. The van der Waals surface area contributed by atoms with Crippen molar-refractivity contribution in [3.8, 4) is 5.75 Å². The minimum atomic E-state index is -3.36. The van der Waals surface area contributed by atoms with Crippen LogP contribution >= 0.6 is 7.37 Å². The zero-order chi connectivity index (χ0) is 18.4. The van der Waals surface area contributed by atoms with Gasteiger partial charge in [0.1, 0.15) is 5.75 Å². The van der Waals surface area contributed by atoms with E-state index in [0.717, 1.165) is 0 Å². The van der Waals surface area contributed by atoms with Crippen molar-refractivity contribution < 1.29 is 18.6 Å². The fourth-order valence-electron chi connectivity index (χ4n) is 2.55. The molecular weight excluding hydrogens is 347 g/mol. The Morgan fingerprint density at radius 1 is 0.846 bits per heavy atom. The number of benzene rings is 3. The van der Waals surface area contributed by atoms with Crippen molar-refractivity contribution in [2.45, 2.75) is 6.92 Å². The van der Waals surface area contributed by atoms with E-state index in [1.807, 2.05) is 36.4 Å². The maximum absolute atomic E-state index is 13.9. The molecule has 0 bridgehead atoms. The van der Waals surface area contributed by atoms with E-state index in [2.05, 4.69) is 0 Å². The Balaban J connectivity index is 2.02. The van der Waals surface area contributed by atoms with Gasteiger partial charge < -0.3 is 9.26 Å². The lowest BCUT2D eigenvalue weighted by atomic mass is 10.2. The molecule has 0 fully saturated rings. The quantitative estimate of drug-likeness (QED) is 0.485. The van der Waals surface area contributed by atoms with Crippen LogP contribution in [0.25, 0.3) is 0 Å². The van der Waals surface area contributed by atoms with E-state index in [1.54, 1.807) is 55.5 Å². The van der Waals surface area contributed by atoms with E-state index in [1.165, 1.54) is 0 Å². The molecule has 0 amide bonds. The summed E-state index contributed by atoms with van der Waals surface area (Å²) in [5.41, 5.74) is 0.358. The molecular formula is C21H19O4P. The molecule has 0 aliphatic heterocycles. The Bertz CT molecular complexity index is 880. The molecule has 0 saturated carbocycles. The molecule has 0 radical (unpaired) electrons. The van der Waals surface area contributed by atoms with Gasteiger partial charge in [0.05, 0.1) is 22.8 Å². The average Bonchev–Trinajstić information content (AvgIpc) is 2.69. The summed E-state index contributed by atoms with van der Waals surface area (Å²) in [6, 6.07) is 24.7. The van der Waals surface area contributed by atoms with Gasteiger partial charge in [0.25, 0.3) is 0 Å². The highest BCUT2D eigenvalue weighted by Gasteiger charge is 2.30. The summed E-state index contributed by atoms with van der Waals surface area (Å²) >= 11 is 0. The predicted molar refractivity (Wildman–Crippen MR) is 103 cm³/mol. The molecule has 0 heterocycles. The molecule has 0 aliphatic carbocycles. The lowest BCUT2D eigenvalue weighted by molar-refractivity contribution is 0.0526. The molecule has 0 N–H and O–H groups in total. The Hall–Kier alpha value is -2.84. The number of rotatable bonds is 6. The number of hydrogen-bond donors (Lipinski definition) is 0. The highest BCUT2D eigenvalue weighted by atomic mass is 31.2. The van der Waals surface area contributed by atoms with Gasteiger partial charge in [-0.3, -0.25) is 4.57 Å². The van der Waals surface area contributed by atoms with Crippen molar-refractivity contribution in [3.05, 3.63) is 90.5 Å². The third-order valence-electron chi connectivity index (χ3n) is 3.77. The van der Waals surface area contributed by atoms with Gasteiger partial charge in [-0.15, -0.1) is 0 Å². The van der Waals surface area contributed by atoms with Gasteiger partial charge in [-0.1, -0.05) is 42.5 Å². The summed E-state index contributed by atoms with van der Waals surface area (Å²) < 4.78 is 24.9. The highest BCUT2D eigenvalue weighted by Crippen LogP contribution is 2.45. The van der Waals surface area contributed by atoms with Crippen molar-refractivity contribution in [1.29, 1.82) is 0 Å². The first-order chi connectivity index (χ1) is 12.6. The van der Waals surface area contributed by atoms with Gasteiger partial charge in [-0.2, -0.15) is 0 Å². The second-order valence-corrected chi connectivity index (χ2v) is 7.88. The molecule has 0 aromatic heterocycles. The first-order valence-corrected chi connectivity index (χ1v) is 9.94. The van der Waals surface area contributed by atoms with Gasteiger partial charge in [0.2, 0.25) is 0 Å². The first kappa shape index (κ1) is 18.0. The normalized spacial score (nSPS) is 11.0. The summed E-state index contributed by atoms with van der Waals surface area (Å²) in [6.45, 7) is 2.04. The molecule has 0 unspecified atom stereocenters. The standard InChI is InChI=1S/C21H19O4P/c1-2-24-21(22)17-10-9-11-18(16-17)25-26(23,19-12-5-3-6-13-19)20-14-7-4-8-15-20/h3-16H,2H2,1H3. The van der Waals surface area contributed by atoms with Crippen LogP contribution in [-0.2, 0) is 9.30 Å². The van der Waals surface area contributed by atoms with Crippen LogP contribution in [0.15, 0.2) is 84.9 Å². The summed E-state index contributed by atoms with van der Waals surface area (Å²) in [5, 5.41) is 1.18. The lowest BCUT2D eigenvalue weighted by Crippen LogP contribution is -2.20. The Morgan fingerprint density at radius 3 is 1.96 bits per heavy atom.